The van der Waals surface area contributed by atoms with Crippen molar-refractivity contribution in [3.05, 3.63) is 201 Å². The molecule has 1 atom stereocenters. The number of carbonyl (C=O) groups is 4. The minimum absolute atomic E-state index is 0.0242. The molecule has 0 radical (unpaired) electrons. The molecular weight excluding hydrogens is 1240 g/mol. The number of aromatic nitrogens is 4. The third kappa shape index (κ3) is 16.5. The summed E-state index contributed by atoms with van der Waals surface area (Å²) >= 11 is 0. The SMILES string of the molecule is Cc1ccc(C(=O)NC(C)C)cc1-c1nc(NN2CCN(Cc3ccccc3)CC2)nc2c1CNC(=O)N2c1c(F)cccc1F.Cc1ccc(C(=O)NC(C)C)cc1-c1nc(S(C)=O)nc2c1CNC(=O)N2c1c(F)cccc1F.NC1CCN(Cc2ccccc2)CC1. The van der Waals surface area contributed by atoms with Crippen molar-refractivity contribution in [1.29, 1.82) is 0 Å². The number of anilines is 5. The monoisotopic (exact) mass is 1320 g/mol. The number of rotatable bonds is 15. The first-order valence-electron chi connectivity index (χ1n) is 31.4. The molecule has 4 aliphatic rings. The Balaban J connectivity index is 0.000000176. The van der Waals surface area contributed by atoms with E-state index in [0.717, 1.165) is 97.3 Å². The molecule has 2 fully saturated rings. The third-order valence-corrected chi connectivity index (χ3v) is 17.0. The van der Waals surface area contributed by atoms with Gasteiger partial charge in [-0.25, -0.2) is 56.9 Å². The fourth-order valence-corrected chi connectivity index (χ4v) is 11.9. The first-order chi connectivity index (χ1) is 45.6. The molecule has 0 aliphatic carbocycles. The summed E-state index contributed by atoms with van der Waals surface area (Å²) in [4.78, 5) is 76.4. The van der Waals surface area contributed by atoms with Crippen LogP contribution in [0.3, 0.4) is 0 Å². The van der Waals surface area contributed by atoms with Crippen LogP contribution in [0.15, 0.2) is 139 Å². The number of fused-ring (bicyclic) bond motifs is 2. The zero-order valence-corrected chi connectivity index (χ0v) is 54.8. The number of halogens is 4. The predicted octanol–water partition coefficient (Wildman–Crippen LogP) is 11.0. The molecule has 0 saturated carbocycles. The average Bonchev–Trinajstić information content (AvgIpc) is 0.755. The van der Waals surface area contributed by atoms with Crippen molar-refractivity contribution in [2.24, 2.45) is 5.73 Å². The number of aryl methyl sites for hydroxylation is 2. The van der Waals surface area contributed by atoms with E-state index in [-0.39, 0.29) is 59.7 Å². The van der Waals surface area contributed by atoms with Gasteiger partial charge >= 0.3 is 12.1 Å². The lowest BCUT2D eigenvalue weighted by Crippen LogP contribution is -2.48. The summed E-state index contributed by atoms with van der Waals surface area (Å²) in [5, 5.41) is 12.9. The van der Waals surface area contributed by atoms with Crippen LogP contribution in [0.1, 0.15) is 94.6 Å². The van der Waals surface area contributed by atoms with Crippen LogP contribution in [-0.4, -0.2) is 126 Å². The maximum Gasteiger partial charge on any atom is 0.328 e. The maximum absolute atomic E-state index is 15.1. The molecule has 20 nitrogen and oxygen atoms in total. The van der Waals surface area contributed by atoms with Crippen LogP contribution < -0.4 is 42.2 Å². The summed E-state index contributed by atoms with van der Waals surface area (Å²) in [5.41, 5.74) is 15.8. The molecule has 6 aromatic carbocycles. The van der Waals surface area contributed by atoms with E-state index in [1.54, 1.807) is 30.3 Å². The highest BCUT2D eigenvalue weighted by Gasteiger charge is 2.37. The van der Waals surface area contributed by atoms with Gasteiger partial charge in [-0.05, 0) is 138 Å². The number of urea groups is 2. The lowest BCUT2D eigenvalue weighted by molar-refractivity contribution is 0.0934. The molecule has 95 heavy (non-hydrogen) atoms. The van der Waals surface area contributed by atoms with Gasteiger partial charge in [-0.1, -0.05) is 84.9 Å². The van der Waals surface area contributed by atoms with Gasteiger partial charge in [-0.15, -0.1) is 0 Å². The molecule has 2 aromatic heterocycles. The quantitative estimate of drug-likeness (QED) is 0.0414. The van der Waals surface area contributed by atoms with Gasteiger partial charge in [-0.2, -0.15) is 4.98 Å². The molecule has 6 heterocycles. The number of hydrazine groups is 1. The van der Waals surface area contributed by atoms with Gasteiger partial charge in [0.15, 0.2) is 11.6 Å². The second kappa shape index (κ2) is 30.7. The molecule has 496 valence electrons. The van der Waals surface area contributed by atoms with Crippen molar-refractivity contribution >= 4 is 63.6 Å². The molecule has 8 aromatic rings. The number of hydrogen-bond acceptors (Lipinski definition) is 14. The van der Waals surface area contributed by atoms with Crippen LogP contribution in [0.25, 0.3) is 22.5 Å². The number of hydrogen-bond donors (Lipinski definition) is 6. The molecule has 6 amide bonds. The summed E-state index contributed by atoms with van der Waals surface area (Å²) in [6.07, 6.45) is 3.65. The highest BCUT2D eigenvalue weighted by atomic mass is 32.2. The third-order valence-electron chi connectivity index (χ3n) is 16.3. The highest BCUT2D eigenvalue weighted by molar-refractivity contribution is 7.84. The van der Waals surface area contributed by atoms with Crippen LogP contribution in [0.4, 0.5) is 56.1 Å². The minimum atomic E-state index is -1.68. The Bertz CT molecular complexity index is 4100. The number of likely N-dealkylation sites (tertiary alicyclic amines) is 1. The predicted molar refractivity (Wildman–Crippen MR) is 359 cm³/mol. The Morgan fingerprint density at radius 2 is 0.989 bits per heavy atom. The summed E-state index contributed by atoms with van der Waals surface area (Å²) in [5.74, 6) is -4.12. The molecular formula is C70H77F4N15O5S. The minimum Gasteiger partial charge on any atom is -0.350 e. The Kier molecular flexibility index (Phi) is 22.1. The van der Waals surface area contributed by atoms with E-state index < -0.39 is 57.5 Å². The molecule has 4 aliphatic heterocycles. The fourth-order valence-electron chi connectivity index (χ4n) is 11.4. The number of para-hydroxylation sites is 2. The largest absolute Gasteiger partial charge is 0.350 e. The lowest BCUT2D eigenvalue weighted by atomic mass is 9.97. The molecule has 1 unspecified atom stereocenters. The van der Waals surface area contributed by atoms with Crippen LogP contribution in [0.2, 0.25) is 0 Å². The zero-order chi connectivity index (χ0) is 67.6. The number of nitrogens with one attached hydrogen (secondary N) is 5. The fraction of sp³-hybridized carbons (Fsp3) is 0.314. The van der Waals surface area contributed by atoms with E-state index in [2.05, 4.69) is 93.9 Å². The summed E-state index contributed by atoms with van der Waals surface area (Å²) in [6, 6.07) is 36.8. The standard InChI is InChI=1S/C34H36F2N8O2.C24H23F2N5O3S.C12H18N2/c1-21(2)38-32(45)24-13-12-22(3)25(18-24)29-26-19-37-34(46)44(30-27(35)10-7-11-28(30)36)31(26)40-33(39-29)41-43-16-14-42(15-17-43)20-23-8-5-4-6-9-23;1-12(2)28-22(32)14-9-8-13(3)15(10-14)19-16-11-27-24(33)31(20-17(25)6-5-7-18(20)26)21(16)30-23(29-19)35(4)34;13-12-6-8-14(9-7-12)10-11-4-2-1-3-5-11/h4-13,18,21H,14-17,19-20H2,1-3H3,(H,37,46)(H,38,45)(H,39,40,41);5-10,12H,11H2,1-4H3,(H,27,33)(H,28,32);1-5,12H,6-10,13H2. The first kappa shape index (κ1) is 68.3. The lowest BCUT2D eigenvalue weighted by Gasteiger charge is -2.35. The molecule has 7 N–H and O–H groups in total. The second-order valence-corrected chi connectivity index (χ2v) is 25.5. The first-order valence-corrected chi connectivity index (χ1v) is 33.0. The number of amides is 6. The Morgan fingerprint density at radius 3 is 1.42 bits per heavy atom. The van der Waals surface area contributed by atoms with Gasteiger partial charge in [-0.3, -0.25) is 29.0 Å². The number of piperidine rings is 1. The zero-order valence-electron chi connectivity index (χ0n) is 54.0. The topological polar surface area (TPSA) is 239 Å². The Morgan fingerprint density at radius 1 is 0.568 bits per heavy atom. The van der Waals surface area contributed by atoms with Crippen molar-refractivity contribution < 1.29 is 40.9 Å². The number of nitrogens with two attached hydrogens (primary N) is 1. The number of nitrogens with zero attached hydrogens (tertiary/aromatic N) is 9. The van der Waals surface area contributed by atoms with Gasteiger partial charge in [0.25, 0.3) is 11.8 Å². The average molecular weight is 1320 g/mol. The van der Waals surface area contributed by atoms with Crippen LogP contribution in [-0.2, 0) is 37.0 Å². The van der Waals surface area contributed by atoms with Crippen molar-refractivity contribution in [2.75, 3.05) is 60.7 Å². The number of benzene rings is 6. The molecule has 0 spiro atoms. The summed E-state index contributed by atoms with van der Waals surface area (Å²) in [7, 11) is -1.68. The molecule has 25 heteroatoms. The summed E-state index contributed by atoms with van der Waals surface area (Å²) in [6.45, 7) is 18.3. The maximum atomic E-state index is 15.1. The summed E-state index contributed by atoms with van der Waals surface area (Å²) < 4.78 is 72.0. The van der Waals surface area contributed by atoms with Crippen LogP contribution >= 0.6 is 0 Å². The number of carbonyl (C=O) groups excluding carboxylic acids is 4. The molecule has 12 rings (SSSR count). The van der Waals surface area contributed by atoms with E-state index >= 15 is 8.78 Å². The van der Waals surface area contributed by atoms with E-state index in [9.17, 15) is 32.2 Å². The number of piperazine rings is 1. The Labute approximate surface area is 552 Å². The van der Waals surface area contributed by atoms with Crippen LogP contribution in [0, 0.1) is 37.1 Å². The van der Waals surface area contributed by atoms with Crippen LogP contribution in [0.5, 0.6) is 0 Å². The van der Waals surface area contributed by atoms with Gasteiger partial charge in [0.1, 0.15) is 34.6 Å². The van der Waals surface area contributed by atoms with Gasteiger partial charge in [0.05, 0.1) is 35.3 Å². The van der Waals surface area contributed by atoms with Crippen molar-refractivity contribution in [2.45, 2.75) is 104 Å². The molecule has 0 bridgehead atoms. The van der Waals surface area contributed by atoms with E-state index in [0.29, 0.717) is 63.9 Å². The smallest absolute Gasteiger partial charge is 0.328 e. The highest BCUT2D eigenvalue weighted by Crippen LogP contribution is 2.41. The van der Waals surface area contributed by atoms with Crippen molar-refractivity contribution in [3.8, 4) is 22.5 Å². The van der Waals surface area contributed by atoms with Gasteiger partial charge in [0, 0.05) is 97.0 Å². The Hall–Kier alpha value is -9.53. The second-order valence-electron chi connectivity index (χ2n) is 24.2. The van der Waals surface area contributed by atoms with E-state index in [4.69, 9.17) is 10.7 Å². The van der Waals surface area contributed by atoms with Crippen molar-refractivity contribution in [3.63, 3.8) is 0 Å². The van der Waals surface area contributed by atoms with E-state index in [1.807, 2.05) is 70.8 Å². The molecule has 2 saturated heterocycles. The van der Waals surface area contributed by atoms with E-state index in [1.165, 1.54) is 29.5 Å². The normalized spacial score (nSPS) is 15.5. The van der Waals surface area contributed by atoms with Gasteiger partial charge in [0.2, 0.25) is 11.1 Å². The van der Waals surface area contributed by atoms with Gasteiger partial charge < -0.3 is 27.0 Å². The van der Waals surface area contributed by atoms with Crippen molar-refractivity contribution in [1.82, 2.24) is 56.0 Å².